The average molecular weight is 232 g/mol. The third-order valence-corrected chi connectivity index (χ3v) is 3.33. The van der Waals surface area contributed by atoms with Crippen molar-refractivity contribution in [1.29, 1.82) is 0 Å². The van der Waals surface area contributed by atoms with Gasteiger partial charge in [-0.15, -0.1) is 0 Å². The molecule has 2 rings (SSSR count). The number of carbonyl (C=O) groups is 1. The van der Waals surface area contributed by atoms with Crippen LogP contribution in [-0.2, 0) is 4.79 Å². The van der Waals surface area contributed by atoms with Crippen LogP contribution < -0.4 is 11.1 Å². The molecule has 3 N–H and O–H groups in total. The Bertz CT molecular complexity index is 408. The molecule has 1 fully saturated rings. The third kappa shape index (κ3) is 3.07. The molecule has 3 heteroatoms. The molecule has 0 aliphatic heterocycles. The molecule has 92 valence electrons. The van der Waals surface area contributed by atoms with E-state index >= 15 is 0 Å². The number of hydrogen-bond acceptors (Lipinski definition) is 2. The van der Waals surface area contributed by atoms with Gasteiger partial charge in [0.05, 0.1) is 0 Å². The van der Waals surface area contributed by atoms with E-state index in [2.05, 4.69) is 11.4 Å². The molecule has 0 aromatic heterocycles. The van der Waals surface area contributed by atoms with E-state index < -0.39 is 0 Å². The Kier molecular flexibility index (Phi) is 3.48. The van der Waals surface area contributed by atoms with Gasteiger partial charge in [0.25, 0.3) is 0 Å². The van der Waals surface area contributed by atoms with Crippen molar-refractivity contribution in [3.8, 4) is 0 Å². The van der Waals surface area contributed by atoms with E-state index in [1.54, 1.807) is 0 Å². The number of rotatable bonds is 2. The number of nitrogens with two attached hydrogens (primary N) is 1. The second kappa shape index (κ2) is 4.88. The average Bonchev–Trinajstić information content (AvgIpc) is 2.63. The van der Waals surface area contributed by atoms with Crippen molar-refractivity contribution < 1.29 is 4.79 Å². The van der Waals surface area contributed by atoms with Crippen molar-refractivity contribution >= 4 is 11.6 Å². The van der Waals surface area contributed by atoms with Crippen molar-refractivity contribution in [2.75, 3.05) is 5.32 Å². The summed E-state index contributed by atoms with van der Waals surface area (Å²) in [6.45, 7) is 4.07. The zero-order valence-corrected chi connectivity index (χ0v) is 10.5. The maximum Gasteiger partial charge on any atom is 0.227 e. The molecule has 0 bridgehead atoms. The fraction of sp³-hybridized carbons (Fsp3) is 0.500. The lowest BCUT2D eigenvalue weighted by Gasteiger charge is -2.12. The molecule has 1 aliphatic rings. The Hall–Kier alpha value is -1.35. The van der Waals surface area contributed by atoms with E-state index in [-0.39, 0.29) is 17.9 Å². The zero-order valence-electron chi connectivity index (χ0n) is 10.5. The number of nitrogens with one attached hydrogen (secondary N) is 1. The second-order valence-electron chi connectivity index (χ2n) is 5.14. The first-order valence-electron chi connectivity index (χ1n) is 6.19. The predicted molar refractivity (Wildman–Crippen MR) is 69.9 cm³/mol. The van der Waals surface area contributed by atoms with E-state index in [9.17, 15) is 4.79 Å². The molecule has 1 amide bonds. The van der Waals surface area contributed by atoms with Gasteiger partial charge in [0.2, 0.25) is 5.91 Å². The summed E-state index contributed by atoms with van der Waals surface area (Å²) in [6.07, 6.45) is 2.69. The number of benzene rings is 1. The Morgan fingerprint density at radius 2 is 1.88 bits per heavy atom. The summed E-state index contributed by atoms with van der Waals surface area (Å²) < 4.78 is 0. The van der Waals surface area contributed by atoms with Gasteiger partial charge < -0.3 is 11.1 Å². The molecule has 1 aromatic carbocycles. The number of amides is 1. The monoisotopic (exact) mass is 232 g/mol. The third-order valence-electron chi connectivity index (χ3n) is 3.33. The van der Waals surface area contributed by atoms with Crippen molar-refractivity contribution in [3.63, 3.8) is 0 Å². The molecular weight excluding hydrogens is 212 g/mol. The first kappa shape index (κ1) is 12.1. The quantitative estimate of drug-likeness (QED) is 0.822. The van der Waals surface area contributed by atoms with Crippen LogP contribution in [0.15, 0.2) is 18.2 Å². The molecule has 0 spiro atoms. The zero-order chi connectivity index (χ0) is 12.4. The summed E-state index contributed by atoms with van der Waals surface area (Å²) in [4.78, 5) is 12.0. The predicted octanol–water partition coefficient (Wildman–Crippen LogP) is 2.37. The first-order chi connectivity index (χ1) is 8.04. The van der Waals surface area contributed by atoms with Crippen LogP contribution >= 0.6 is 0 Å². The molecular formula is C14H20N2O. The van der Waals surface area contributed by atoms with Gasteiger partial charge in [-0.2, -0.15) is 0 Å². The first-order valence-corrected chi connectivity index (χ1v) is 6.19. The highest BCUT2D eigenvalue weighted by molar-refractivity contribution is 5.92. The van der Waals surface area contributed by atoms with E-state index in [1.807, 2.05) is 26.0 Å². The minimum Gasteiger partial charge on any atom is -0.328 e. The van der Waals surface area contributed by atoms with Gasteiger partial charge in [-0.05, 0) is 56.4 Å². The van der Waals surface area contributed by atoms with Gasteiger partial charge in [0, 0.05) is 17.6 Å². The van der Waals surface area contributed by atoms with Crippen molar-refractivity contribution in [2.24, 2.45) is 11.7 Å². The molecule has 17 heavy (non-hydrogen) atoms. The lowest BCUT2D eigenvalue weighted by atomic mass is 10.1. The summed E-state index contributed by atoms with van der Waals surface area (Å²) in [5.74, 6) is 0.203. The summed E-state index contributed by atoms with van der Waals surface area (Å²) in [5, 5.41) is 2.99. The van der Waals surface area contributed by atoms with Crippen molar-refractivity contribution in [2.45, 2.75) is 39.2 Å². The van der Waals surface area contributed by atoms with E-state index in [4.69, 9.17) is 5.73 Å². The van der Waals surface area contributed by atoms with Crippen molar-refractivity contribution in [1.82, 2.24) is 0 Å². The van der Waals surface area contributed by atoms with Crippen LogP contribution in [0.4, 0.5) is 5.69 Å². The maximum atomic E-state index is 12.0. The van der Waals surface area contributed by atoms with Crippen molar-refractivity contribution in [3.05, 3.63) is 29.3 Å². The van der Waals surface area contributed by atoms with Gasteiger partial charge in [-0.1, -0.05) is 6.07 Å². The number of carbonyl (C=O) groups excluding carboxylic acids is 1. The highest BCUT2D eigenvalue weighted by Gasteiger charge is 2.27. The van der Waals surface area contributed by atoms with E-state index in [1.165, 1.54) is 11.1 Å². The van der Waals surface area contributed by atoms with Crippen LogP contribution in [0.3, 0.4) is 0 Å². The number of anilines is 1. The van der Waals surface area contributed by atoms with Gasteiger partial charge >= 0.3 is 0 Å². The van der Waals surface area contributed by atoms with Crippen LogP contribution in [-0.4, -0.2) is 11.9 Å². The topological polar surface area (TPSA) is 55.1 Å². The van der Waals surface area contributed by atoms with Gasteiger partial charge in [-0.25, -0.2) is 0 Å². The van der Waals surface area contributed by atoms with Crippen LogP contribution in [0.25, 0.3) is 0 Å². The van der Waals surface area contributed by atoms with Gasteiger partial charge in [0.1, 0.15) is 0 Å². The normalized spacial score (nSPS) is 23.7. The molecule has 0 heterocycles. The van der Waals surface area contributed by atoms with E-state index in [0.717, 1.165) is 24.9 Å². The highest BCUT2D eigenvalue weighted by atomic mass is 16.1. The molecule has 1 aromatic rings. The Labute approximate surface area is 102 Å². The molecule has 2 atom stereocenters. The molecule has 3 nitrogen and oxygen atoms in total. The SMILES string of the molecule is Cc1cc(C)cc(NC(=O)C2CCC(N)C2)c1. The summed E-state index contributed by atoms with van der Waals surface area (Å²) in [5.41, 5.74) is 9.06. The van der Waals surface area contributed by atoms with Gasteiger partial charge in [-0.3, -0.25) is 4.79 Å². The largest absolute Gasteiger partial charge is 0.328 e. The molecule has 2 unspecified atom stereocenters. The van der Waals surface area contributed by atoms with E-state index in [0.29, 0.717) is 0 Å². The Balaban J connectivity index is 2.03. The lowest BCUT2D eigenvalue weighted by Crippen LogP contribution is -2.23. The molecule has 0 saturated heterocycles. The Morgan fingerprint density at radius 3 is 2.41 bits per heavy atom. The van der Waals surface area contributed by atoms with Crippen LogP contribution in [0.1, 0.15) is 30.4 Å². The molecule has 0 radical (unpaired) electrons. The van der Waals surface area contributed by atoms with Crippen LogP contribution in [0.2, 0.25) is 0 Å². The second-order valence-corrected chi connectivity index (χ2v) is 5.14. The maximum absolute atomic E-state index is 12.0. The summed E-state index contributed by atoms with van der Waals surface area (Å²) >= 11 is 0. The van der Waals surface area contributed by atoms with Crippen LogP contribution in [0.5, 0.6) is 0 Å². The lowest BCUT2D eigenvalue weighted by molar-refractivity contribution is -0.119. The molecule has 1 aliphatic carbocycles. The minimum absolute atomic E-state index is 0.0887. The standard InChI is InChI=1S/C14H20N2O/c1-9-5-10(2)7-13(6-9)16-14(17)11-3-4-12(15)8-11/h5-7,11-12H,3-4,8,15H2,1-2H3,(H,16,17). The minimum atomic E-state index is 0.0887. The molecule has 1 saturated carbocycles. The van der Waals surface area contributed by atoms with Crippen LogP contribution in [0, 0.1) is 19.8 Å². The Morgan fingerprint density at radius 1 is 1.24 bits per heavy atom. The number of hydrogen-bond donors (Lipinski definition) is 2. The number of aryl methyl sites for hydroxylation is 2. The fourth-order valence-corrected chi connectivity index (χ4v) is 2.55. The summed E-state index contributed by atoms with van der Waals surface area (Å²) in [6, 6.07) is 6.30. The van der Waals surface area contributed by atoms with Gasteiger partial charge in [0.15, 0.2) is 0 Å². The fourth-order valence-electron chi connectivity index (χ4n) is 2.55. The highest BCUT2D eigenvalue weighted by Crippen LogP contribution is 2.25. The smallest absolute Gasteiger partial charge is 0.227 e. The summed E-state index contributed by atoms with van der Waals surface area (Å²) in [7, 11) is 0.